The predicted molar refractivity (Wildman–Crippen MR) is 101 cm³/mol. The SMILES string of the molecule is O=C(NCCNS(=O)(=O)c1cccc(Cl)c1)c1cccc2cccnc12. The lowest BCUT2D eigenvalue weighted by molar-refractivity contribution is 0.0956. The lowest BCUT2D eigenvalue weighted by Gasteiger charge is -2.09. The molecule has 0 saturated heterocycles. The summed E-state index contributed by atoms with van der Waals surface area (Å²) in [5, 5.41) is 3.89. The van der Waals surface area contributed by atoms with Crippen molar-refractivity contribution < 1.29 is 13.2 Å². The van der Waals surface area contributed by atoms with E-state index in [2.05, 4.69) is 15.0 Å². The summed E-state index contributed by atoms with van der Waals surface area (Å²) in [5.41, 5.74) is 1.05. The maximum Gasteiger partial charge on any atom is 0.253 e. The van der Waals surface area contributed by atoms with E-state index in [0.717, 1.165) is 5.39 Å². The van der Waals surface area contributed by atoms with Gasteiger partial charge in [0.05, 0.1) is 16.0 Å². The number of aromatic nitrogens is 1. The molecular weight excluding hydrogens is 374 g/mol. The van der Waals surface area contributed by atoms with Crippen LogP contribution in [0.2, 0.25) is 5.02 Å². The highest BCUT2D eigenvalue weighted by Crippen LogP contribution is 2.16. The van der Waals surface area contributed by atoms with Gasteiger partial charge in [0, 0.05) is 29.7 Å². The molecule has 0 saturated carbocycles. The van der Waals surface area contributed by atoms with Crippen molar-refractivity contribution in [1.82, 2.24) is 15.0 Å². The van der Waals surface area contributed by atoms with Crippen molar-refractivity contribution >= 4 is 38.4 Å². The lowest BCUT2D eigenvalue weighted by atomic mass is 10.1. The molecule has 0 unspecified atom stereocenters. The Morgan fingerprint density at radius 2 is 1.81 bits per heavy atom. The number of nitrogens with one attached hydrogen (secondary N) is 2. The van der Waals surface area contributed by atoms with Crippen molar-refractivity contribution in [2.45, 2.75) is 4.90 Å². The Hall–Kier alpha value is -2.48. The van der Waals surface area contributed by atoms with Gasteiger partial charge in [0.2, 0.25) is 10.0 Å². The summed E-state index contributed by atoms with van der Waals surface area (Å²) in [4.78, 5) is 16.7. The zero-order valence-electron chi connectivity index (χ0n) is 13.6. The fourth-order valence-electron chi connectivity index (χ4n) is 2.46. The molecule has 0 aliphatic carbocycles. The van der Waals surface area contributed by atoms with Gasteiger partial charge in [-0.25, -0.2) is 13.1 Å². The second kappa shape index (κ2) is 7.82. The van der Waals surface area contributed by atoms with Crippen LogP contribution in [0, 0.1) is 0 Å². The number of pyridine rings is 1. The standard InChI is InChI=1S/C18H16ClN3O3S/c19-14-6-2-7-15(12-14)26(24,25)22-11-10-21-18(23)16-8-1-4-13-5-3-9-20-17(13)16/h1-9,12,22H,10-11H2,(H,21,23). The maximum absolute atomic E-state index is 12.4. The van der Waals surface area contributed by atoms with E-state index in [4.69, 9.17) is 11.6 Å². The summed E-state index contributed by atoms with van der Waals surface area (Å²) in [6, 6.07) is 15.0. The van der Waals surface area contributed by atoms with Crippen molar-refractivity contribution in [2.24, 2.45) is 0 Å². The van der Waals surface area contributed by atoms with E-state index >= 15 is 0 Å². The molecule has 1 heterocycles. The number of fused-ring (bicyclic) bond motifs is 1. The normalized spacial score (nSPS) is 11.4. The second-order valence-electron chi connectivity index (χ2n) is 5.49. The molecule has 3 aromatic rings. The molecule has 2 N–H and O–H groups in total. The zero-order chi connectivity index (χ0) is 18.6. The molecule has 134 valence electrons. The van der Waals surface area contributed by atoms with Crippen LogP contribution in [0.5, 0.6) is 0 Å². The Kier molecular flexibility index (Phi) is 5.51. The quantitative estimate of drug-likeness (QED) is 0.634. The molecule has 0 aliphatic rings. The molecule has 26 heavy (non-hydrogen) atoms. The van der Waals surface area contributed by atoms with Crippen molar-refractivity contribution in [3.8, 4) is 0 Å². The number of carbonyl (C=O) groups is 1. The van der Waals surface area contributed by atoms with Crippen molar-refractivity contribution in [3.05, 3.63) is 71.4 Å². The highest BCUT2D eigenvalue weighted by atomic mass is 35.5. The number of nitrogens with zero attached hydrogens (tertiary/aromatic N) is 1. The molecule has 0 bridgehead atoms. The monoisotopic (exact) mass is 389 g/mol. The van der Waals surface area contributed by atoms with Crippen LogP contribution in [-0.2, 0) is 10.0 Å². The number of para-hydroxylation sites is 1. The average Bonchev–Trinajstić information content (AvgIpc) is 2.64. The van der Waals surface area contributed by atoms with Gasteiger partial charge < -0.3 is 5.32 Å². The first-order chi connectivity index (χ1) is 12.5. The third-order valence-corrected chi connectivity index (χ3v) is 5.38. The molecule has 0 radical (unpaired) electrons. The number of amides is 1. The molecule has 0 fully saturated rings. The highest BCUT2D eigenvalue weighted by molar-refractivity contribution is 7.89. The highest BCUT2D eigenvalue weighted by Gasteiger charge is 2.14. The van der Waals surface area contributed by atoms with E-state index in [9.17, 15) is 13.2 Å². The number of hydrogen-bond donors (Lipinski definition) is 2. The molecule has 3 rings (SSSR count). The fraction of sp³-hybridized carbons (Fsp3) is 0.111. The van der Waals surface area contributed by atoms with Gasteiger partial charge in [0.1, 0.15) is 0 Å². The number of sulfonamides is 1. The molecule has 0 aliphatic heterocycles. The van der Waals surface area contributed by atoms with Gasteiger partial charge in [-0.15, -0.1) is 0 Å². The molecule has 1 aromatic heterocycles. The number of rotatable bonds is 6. The van der Waals surface area contributed by atoms with E-state index in [1.807, 2.05) is 12.1 Å². The minimum absolute atomic E-state index is 0.0543. The number of halogens is 1. The van der Waals surface area contributed by atoms with Gasteiger partial charge in [-0.2, -0.15) is 0 Å². The van der Waals surface area contributed by atoms with Crippen molar-refractivity contribution in [1.29, 1.82) is 0 Å². The predicted octanol–water partition coefficient (Wildman–Crippen LogP) is 2.60. The Labute approximate surface area is 156 Å². The van der Waals surface area contributed by atoms with Crippen LogP contribution < -0.4 is 10.0 Å². The van der Waals surface area contributed by atoms with E-state index in [1.54, 1.807) is 36.5 Å². The molecule has 0 atom stereocenters. The molecule has 2 aromatic carbocycles. The molecule has 6 nitrogen and oxygen atoms in total. The lowest BCUT2D eigenvalue weighted by Crippen LogP contribution is -2.34. The van der Waals surface area contributed by atoms with Crippen LogP contribution in [0.25, 0.3) is 10.9 Å². The van der Waals surface area contributed by atoms with Gasteiger partial charge in [0.15, 0.2) is 0 Å². The van der Waals surface area contributed by atoms with E-state index < -0.39 is 10.0 Å². The van der Waals surface area contributed by atoms with Gasteiger partial charge in [-0.1, -0.05) is 35.9 Å². The summed E-state index contributed by atoms with van der Waals surface area (Å²) in [7, 11) is -3.68. The largest absolute Gasteiger partial charge is 0.351 e. The van der Waals surface area contributed by atoms with Gasteiger partial charge in [0.25, 0.3) is 5.91 Å². The Morgan fingerprint density at radius 3 is 2.62 bits per heavy atom. The van der Waals surface area contributed by atoms with Crippen molar-refractivity contribution in [2.75, 3.05) is 13.1 Å². The minimum Gasteiger partial charge on any atom is -0.351 e. The Bertz CT molecular complexity index is 1050. The van der Waals surface area contributed by atoms with Crippen LogP contribution in [0.1, 0.15) is 10.4 Å². The molecular formula is C18H16ClN3O3S. The minimum atomic E-state index is -3.68. The topological polar surface area (TPSA) is 88.2 Å². The maximum atomic E-state index is 12.4. The first kappa shape index (κ1) is 18.3. The summed E-state index contributed by atoms with van der Waals surface area (Å²) >= 11 is 5.81. The molecule has 0 spiro atoms. The van der Waals surface area contributed by atoms with E-state index in [-0.39, 0.29) is 23.9 Å². The van der Waals surface area contributed by atoms with Crippen LogP contribution in [0.3, 0.4) is 0 Å². The Morgan fingerprint density at radius 1 is 1.04 bits per heavy atom. The third kappa shape index (κ3) is 4.19. The zero-order valence-corrected chi connectivity index (χ0v) is 15.2. The fourth-order valence-corrected chi connectivity index (χ4v) is 3.79. The van der Waals surface area contributed by atoms with Crippen LogP contribution >= 0.6 is 11.6 Å². The first-order valence-electron chi connectivity index (χ1n) is 7.84. The Balaban J connectivity index is 1.60. The van der Waals surface area contributed by atoms with E-state index in [0.29, 0.717) is 16.1 Å². The number of hydrogen-bond acceptors (Lipinski definition) is 4. The van der Waals surface area contributed by atoms with E-state index in [1.165, 1.54) is 12.1 Å². The number of benzene rings is 2. The summed E-state index contributed by atoms with van der Waals surface area (Å²) < 4.78 is 26.8. The van der Waals surface area contributed by atoms with Gasteiger partial charge in [-0.05, 0) is 30.3 Å². The van der Waals surface area contributed by atoms with Crippen LogP contribution in [0.15, 0.2) is 65.7 Å². The second-order valence-corrected chi connectivity index (χ2v) is 7.70. The smallest absolute Gasteiger partial charge is 0.253 e. The molecule has 8 heteroatoms. The number of carbonyl (C=O) groups excluding carboxylic acids is 1. The van der Waals surface area contributed by atoms with Crippen LogP contribution in [-0.4, -0.2) is 32.4 Å². The van der Waals surface area contributed by atoms with Crippen LogP contribution in [0.4, 0.5) is 0 Å². The third-order valence-electron chi connectivity index (χ3n) is 3.69. The summed E-state index contributed by atoms with van der Waals surface area (Å²) in [5.74, 6) is -0.309. The first-order valence-corrected chi connectivity index (χ1v) is 9.71. The van der Waals surface area contributed by atoms with Crippen molar-refractivity contribution in [3.63, 3.8) is 0 Å². The summed E-state index contributed by atoms with van der Waals surface area (Å²) in [6.07, 6.45) is 1.62. The van der Waals surface area contributed by atoms with Gasteiger partial charge in [-0.3, -0.25) is 9.78 Å². The summed E-state index contributed by atoms with van der Waals surface area (Å²) in [6.45, 7) is 0.195. The average molecular weight is 390 g/mol. The van der Waals surface area contributed by atoms with Gasteiger partial charge >= 0.3 is 0 Å². The molecule has 1 amide bonds.